The lowest BCUT2D eigenvalue weighted by atomic mass is 10.0. The second-order valence-electron chi connectivity index (χ2n) is 7.96. The molecule has 1 amide bonds. The monoisotopic (exact) mass is 381 g/mol. The van der Waals surface area contributed by atoms with Crippen molar-refractivity contribution >= 4 is 5.91 Å². The first-order chi connectivity index (χ1) is 13.5. The van der Waals surface area contributed by atoms with Crippen LogP contribution in [0.25, 0.3) is 5.69 Å². The van der Waals surface area contributed by atoms with Gasteiger partial charge in [0.2, 0.25) is 0 Å². The molecule has 2 aromatic rings. The van der Waals surface area contributed by atoms with E-state index in [0.717, 1.165) is 37.3 Å². The molecule has 3 rings (SSSR count). The van der Waals surface area contributed by atoms with Gasteiger partial charge in [-0.3, -0.25) is 14.2 Å². The van der Waals surface area contributed by atoms with Gasteiger partial charge in [0.1, 0.15) is 5.56 Å². The summed E-state index contributed by atoms with van der Waals surface area (Å²) in [6.07, 6.45) is 5.20. The van der Waals surface area contributed by atoms with Gasteiger partial charge in [-0.15, -0.1) is 0 Å². The molecular weight excluding hydrogens is 350 g/mol. The van der Waals surface area contributed by atoms with Crippen LogP contribution in [0.4, 0.5) is 0 Å². The molecule has 0 aliphatic carbocycles. The second kappa shape index (κ2) is 9.20. The van der Waals surface area contributed by atoms with Crippen LogP contribution >= 0.6 is 0 Å². The molecule has 1 saturated heterocycles. The highest BCUT2D eigenvalue weighted by molar-refractivity contribution is 5.95. The predicted octanol–water partition coefficient (Wildman–Crippen LogP) is 3.49. The number of hydrogen-bond donors (Lipinski definition) is 1. The quantitative estimate of drug-likeness (QED) is 0.747. The summed E-state index contributed by atoms with van der Waals surface area (Å²) in [5.41, 5.74) is 2.63. The van der Waals surface area contributed by atoms with Crippen molar-refractivity contribution < 1.29 is 4.79 Å². The number of benzene rings is 1. The van der Waals surface area contributed by atoms with E-state index in [1.807, 2.05) is 31.2 Å². The number of aryl methyl sites for hydroxylation is 1. The van der Waals surface area contributed by atoms with Crippen molar-refractivity contribution in [2.75, 3.05) is 26.2 Å². The van der Waals surface area contributed by atoms with E-state index in [1.165, 1.54) is 12.8 Å². The number of aromatic nitrogens is 1. The number of carbonyl (C=O) groups is 1. The molecular formula is C23H31N3O2. The molecule has 1 aliphatic rings. The van der Waals surface area contributed by atoms with E-state index in [4.69, 9.17) is 0 Å². The number of nitrogens with zero attached hydrogens (tertiary/aromatic N) is 2. The molecule has 1 fully saturated rings. The minimum absolute atomic E-state index is 0.235. The highest BCUT2D eigenvalue weighted by atomic mass is 16.2. The summed E-state index contributed by atoms with van der Waals surface area (Å²) in [6.45, 7) is 9.97. The lowest BCUT2D eigenvalue weighted by molar-refractivity contribution is 0.0949. The van der Waals surface area contributed by atoms with Gasteiger partial charge in [0.25, 0.3) is 11.5 Å². The first-order valence-corrected chi connectivity index (χ1v) is 10.3. The van der Waals surface area contributed by atoms with E-state index in [9.17, 15) is 9.59 Å². The fourth-order valence-electron chi connectivity index (χ4n) is 3.74. The Balaban J connectivity index is 1.74. The summed E-state index contributed by atoms with van der Waals surface area (Å²) in [7, 11) is 0. The molecule has 2 heterocycles. The zero-order valence-electron chi connectivity index (χ0n) is 17.2. The highest BCUT2D eigenvalue weighted by Crippen LogP contribution is 2.18. The van der Waals surface area contributed by atoms with Crippen molar-refractivity contribution in [3.05, 3.63) is 63.6 Å². The summed E-state index contributed by atoms with van der Waals surface area (Å²) >= 11 is 0. The Kier molecular flexibility index (Phi) is 6.68. The number of carbonyl (C=O) groups excluding carboxylic acids is 1. The molecule has 5 nitrogen and oxygen atoms in total. The van der Waals surface area contributed by atoms with E-state index in [2.05, 4.69) is 30.1 Å². The van der Waals surface area contributed by atoms with Crippen molar-refractivity contribution in [2.45, 2.75) is 46.0 Å². The van der Waals surface area contributed by atoms with Gasteiger partial charge in [-0.25, -0.2) is 0 Å². The summed E-state index contributed by atoms with van der Waals surface area (Å²) < 4.78 is 1.57. The lowest BCUT2D eigenvalue weighted by Crippen LogP contribution is -2.35. The molecule has 1 N–H and O–H groups in total. The third kappa shape index (κ3) is 4.71. The molecule has 1 aromatic heterocycles. The molecule has 1 aliphatic heterocycles. The predicted molar refractivity (Wildman–Crippen MR) is 113 cm³/mol. The zero-order valence-corrected chi connectivity index (χ0v) is 17.2. The Morgan fingerprint density at radius 2 is 1.93 bits per heavy atom. The normalized spacial score (nSPS) is 14.6. The third-order valence-corrected chi connectivity index (χ3v) is 5.48. The molecule has 0 unspecified atom stereocenters. The van der Waals surface area contributed by atoms with Crippen LogP contribution in [0.15, 0.2) is 41.3 Å². The van der Waals surface area contributed by atoms with Crippen molar-refractivity contribution in [1.29, 1.82) is 0 Å². The van der Waals surface area contributed by atoms with E-state index in [0.29, 0.717) is 18.0 Å². The van der Waals surface area contributed by atoms with Crippen LogP contribution in [-0.2, 0) is 0 Å². The van der Waals surface area contributed by atoms with Crippen molar-refractivity contribution in [2.24, 2.45) is 0 Å². The Labute approximate surface area is 167 Å². The van der Waals surface area contributed by atoms with Crippen LogP contribution < -0.4 is 10.9 Å². The number of likely N-dealkylation sites (tertiary alicyclic amines) is 1. The van der Waals surface area contributed by atoms with Gasteiger partial charge in [-0.2, -0.15) is 0 Å². The number of hydrogen-bond acceptors (Lipinski definition) is 3. The number of rotatable bonds is 7. The molecule has 1 aromatic carbocycles. The molecule has 0 atom stereocenters. The molecule has 28 heavy (non-hydrogen) atoms. The summed E-state index contributed by atoms with van der Waals surface area (Å²) in [5.74, 6) is 0.0952. The van der Waals surface area contributed by atoms with Gasteiger partial charge < -0.3 is 10.2 Å². The Morgan fingerprint density at radius 1 is 1.18 bits per heavy atom. The summed E-state index contributed by atoms with van der Waals surface area (Å²) in [4.78, 5) is 28.2. The van der Waals surface area contributed by atoms with Crippen LogP contribution in [0.2, 0.25) is 0 Å². The van der Waals surface area contributed by atoms with Crippen molar-refractivity contribution in [3.8, 4) is 5.69 Å². The molecule has 0 saturated carbocycles. The van der Waals surface area contributed by atoms with E-state index >= 15 is 0 Å². The molecule has 5 heteroatoms. The summed E-state index contributed by atoms with van der Waals surface area (Å²) in [5, 5.41) is 2.93. The largest absolute Gasteiger partial charge is 0.352 e. The topological polar surface area (TPSA) is 54.3 Å². The van der Waals surface area contributed by atoms with Gasteiger partial charge in [0.15, 0.2) is 0 Å². The van der Waals surface area contributed by atoms with Gasteiger partial charge in [0.05, 0.1) is 0 Å². The molecule has 0 radical (unpaired) electrons. The number of amides is 1. The van der Waals surface area contributed by atoms with Crippen LogP contribution in [-0.4, -0.2) is 41.6 Å². The minimum atomic E-state index is -0.279. The third-order valence-electron chi connectivity index (χ3n) is 5.48. The van der Waals surface area contributed by atoms with Crippen LogP contribution in [0.3, 0.4) is 0 Å². The van der Waals surface area contributed by atoms with E-state index in [1.54, 1.807) is 10.8 Å². The van der Waals surface area contributed by atoms with Crippen LogP contribution in [0.5, 0.6) is 0 Å². The smallest absolute Gasteiger partial charge is 0.268 e. The fraction of sp³-hybridized carbons (Fsp3) is 0.478. The van der Waals surface area contributed by atoms with Gasteiger partial charge in [-0.1, -0.05) is 26.0 Å². The van der Waals surface area contributed by atoms with Crippen molar-refractivity contribution in [3.63, 3.8) is 0 Å². The van der Waals surface area contributed by atoms with Gasteiger partial charge >= 0.3 is 0 Å². The standard InChI is InChI=1S/C23H31N3O2/c1-17(2)19-8-6-9-20(16-19)26-15-10-18(3)21(23(26)28)22(27)24-11-7-14-25-12-4-5-13-25/h6,8-10,15-17H,4-5,7,11-14H2,1-3H3,(H,24,27). The first-order valence-electron chi connectivity index (χ1n) is 10.3. The van der Waals surface area contributed by atoms with Gasteiger partial charge in [-0.05, 0) is 81.1 Å². The maximum absolute atomic E-state index is 13.0. The Morgan fingerprint density at radius 3 is 2.64 bits per heavy atom. The number of pyridine rings is 1. The second-order valence-corrected chi connectivity index (χ2v) is 7.96. The summed E-state index contributed by atoms with van der Waals surface area (Å²) in [6, 6.07) is 9.76. The average molecular weight is 382 g/mol. The van der Waals surface area contributed by atoms with Crippen molar-refractivity contribution in [1.82, 2.24) is 14.8 Å². The molecule has 150 valence electrons. The fourth-order valence-corrected chi connectivity index (χ4v) is 3.74. The van der Waals surface area contributed by atoms with Crippen LogP contribution in [0.1, 0.15) is 60.5 Å². The molecule has 0 bridgehead atoms. The highest BCUT2D eigenvalue weighted by Gasteiger charge is 2.17. The first kappa shape index (κ1) is 20.3. The van der Waals surface area contributed by atoms with E-state index < -0.39 is 0 Å². The SMILES string of the molecule is Cc1ccn(-c2cccc(C(C)C)c2)c(=O)c1C(=O)NCCCN1CCCC1. The Bertz CT molecular complexity index is 880. The number of nitrogens with one attached hydrogen (secondary N) is 1. The lowest BCUT2D eigenvalue weighted by Gasteiger charge is -2.15. The van der Waals surface area contributed by atoms with Crippen LogP contribution in [0, 0.1) is 6.92 Å². The van der Waals surface area contributed by atoms with E-state index in [-0.39, 0.29) is 17.0 Å². The Hall–Kier alpha value is -2.40. The molecule has 0 spiro atoms. The zero-order chi connectivity index (χ0) is 20.1. The average Bonchev–Trinajstić information content (AvgIpc) is 3.19. The maximum Gasteiger partial charge on any atom is 0.268 e. The maximum atomic E-state index is 13.0. The van der Waals surface area contributed by atoms with Gasteiger partial charge in [0, 0.05) is 18.4 Å². The minimum Gasteiger partial charge on any atom is -0.352 e.